The maximum absolute atomic E-state index is 12.4. The first kappa shape index (κ1) is 17.8. The largest absolute Gasteiger partial charge is 0.456 e. The summed E-state index contributed by atoms with van der Waals surface area (Å²) in [6.07, 6.45) is 10.0. The van der Waals surface area contributed by atoms with E-state index in [0.717, 1.165) is 49.9 Å². The number of amides is 2. The third kappa shape index (κ3) is 4.04. The molecule has 5 aliphatic carbocycles. The van der Waals surface area contributed by atoms with E-state index < -0.39 is 0 Å². The second-order valence-electron chi connectivity index (χ2n) is 9.35. The van der Waals surface area contributed by atoms with Crippen molar-refractivity contribution in [1.29, 1.82) is 0 Å². The predicted octanol–water partition coefficient (Wildman–Crippen LogP) is 1.87. The fraction of sp³-hybridized carbons (Fsp3) is 0.850. The lowest BCUT2D eigenvalue weighted by atomic mass is 9.49. The standard InChI is InChI=1S/C20H30N2O4/c1-22(11-17(23)21-16-2-3-16)18(24)12-26-19(25)10-20-7-13-4-14(8-20)6-15(5-13)9-20/h13-16H,2-12H2,1H3,(H,21,23). The zero-order valence-corrected chi connectivity index (χ0v) is 15.7. The first-order chi connectivity index (χ1) is 12.4. The summed E-state index contributed by atoms with van der Waals surface area (Å²) in [5, 5.41) is 2.85. The molecule has 5 rings (SSSR count). The Morgan fingerprint density at radius 3 is 2.15 bits per heavy atom. The van der Waals surface area contributed by atoms with E-state index in [2.05, 4.69) is 5.32 Å². The fourth-order valence-electron chi connectivity index (χ4n) is 5.92. The van der Waals surface area contributed by atoms with Crippen LogP contribution in [0.2, 0.25) is 0 Å². The molecule has 5 fully saturated rings. The molecule has 1 N–H and O–H groups in total. The van der Waals surface area contributed by atoms with E-state index in [1.807, 2.05) is 0 Å². The van der Waals surface area contributed by atoms with Crippen LogP contribution in [0.3, 0.4) is 0 Å². The fourth-order valence-corrected chi connectivity index (χ4v) is 5.92. The Hall–Kier alpha value is -1.59. The lowest BCUT2D eigenvalue weighted by Crippen LogP contribution is -2.47. The Bertz CT molecular complexity index is 563. The van der Waals surface area contributed by atoms with Crippen LogP contribution in [0.4, 0.5) is 0 Å². The number of carbonyl (C=O) groups is 3. The Balaban J connectivity index is 1.21. The summed E-state index contributed by atoms with van der Waals surface area (Å²) in [5.74, 6) is 1.67. The van der Waals surface area contributed by atoms with Crippen LogP contribution in [0.25, 0.3) is 0 Å². The smallest absolute Gasteiger partial charge is 0.306 e. The van der Waals surface area contributed by atoms with Crippen molar-refractivity contribution in [3.8, 4) is 0 Å². The first-order valence-corrected chi connectivity index (χ1v) is 10.1. The van der Waals surface area contributed by atoms with Gasteiger partial charge in [-0.3, -0.25) is 14.4 Å². The molecule has 0 aromatic heterocycles. The summed E-state index contributed by atoms with van der Waals surface area (Å²) in [7, 11) is 1.57. The predicted molar refractivity (Wildman–Crippen MR) is 95.0 cm³/mol. The third-order valence-electron chi connectivity index (χ3n) is 6.79. The molecule has 4 bridgehead atoms. The Morgan fingerprint density at radius 1 is 1.04 bits per heavy atom. The minimum atomic E-state index is -0.324. The molecule has 26 heavy (non-hydrogen) atoms. The van der Waals surface area contributed by atoms with Crippen LogP contribution >= 0.6 is 0 Å². The quantitative estimate of drug-likeness (QED) is 0.702. The van der Waals surface area contributed by atoms with E-state index in [9.17, 15) is 14.4 Å². The van der Waals surface area contributed by atoms with Crippen molar-refractivity contribution < 1.29 is 19.1 Å². The molecule has 0 saturated heterocycles. The Kier molecular flexibility index (Phi) is 4.70. The van der Waals surface area contributed by atoms with Crippen LogP contribution in [0.15, 0.2) is 0 Å². The molecule has 0 spiro atoms. The van der Waals surface area contributed by atoms with Gasteiger partial charge in [0.1, 0.15) is 0 Å². The first-order valence-electron chi connectivity index (χ1n) is 10.1. The highest BCUT2D eigenvalue weighted by molar-refractivity contribution is 5.86. The van der Waals surface area contributed by atoms with Gasteiger partial charge in [-0.2, -0.15) is 0 Å². The van der Waals surface area contributed by atoms with Gasteiger partial charge >= 0.3 is 5.97 Å². The van der Waals surface area contributed by atoms with Gasteiger partial charge in [0.15, 0.2) is 6.61 Å². The molecule has 0 aliphatic heterocycles. The van der Waals surface area contributed by atoms with Crippen molar-refractivity contribution in [2.45, 2.75) is 63.8 Å². The van der Waals surface area contributed by atoms with Crippen molar-refractivity contribution in [2.24, 2.45) is 23.2 Å². The second-order valence-corrected chi connectivity index (χ2v) is 9.35. The van der Waals surface area contributed by atoms with Crippen molar-refractivity contribution in [2.75, 3.05) is 20.2 Å². The maximum Gasteiger partial charge on any atom is 0.306 e. The minimum Gasteiger partial charge on any atom is -0.456 e. The number of rotatable bonds is 7. The minimum absolute atomic E-state index is 0.0157. The highest BCUT2D eigenvalue weighted by Crippen LogP contribution is 2.61. The van der Waals surface area contributed by atoms with Crippen LogP contribution in [-0.4, -0.2) is 48.9 Å². The van der Waals surface area contributed by atoms with Gasteiger partial charge in [0.2, 0.25) is 5.91 Å². The summed E-state index contributed by atoms with van der Waals surface area (Å²) >= 11 is 0. The molecule has 0 heterocycles. The molecule has 2 amide bonds. The van der Waals surface area contributed by atoms with E-state index >= 15 is 0 Å². The summed E-state index contributed by atoms with van der Waals surface area (Å²) < 4.78 is 5.28. The molecule has 6 heteroatoms. The van der Waals surface area contributed by atoms with E-state index in [1.165, 1.54) is 24.2 Å². The summed E-state index contributed by atoms with van der Waals surface area (Å²) in [6.45, 7) is -0.250. The lowest BCUT2D eigenvalue weighted by Gasteiger charge is -2.56. The van der Waals surface area contributed by atoms with Gasteiger partial charge in [-0.1, -0.05) is 0 Å². The Labute approximate surface area is 155 Å². The average Bonchev–Trinajstić information content (AvgIpc) is 3.34. The van der Waals surface area contributed by atoms with E-state index in [4.69, 9.17) is 4.74 Å². The second kappa shape index (κ2) is 6.86. The van der Waals surface area contributed by atoms with Crippen LogP contribution in [0.1, 0.15) is 57.8 Å². The van der Waals surface area contributed by atoms with E-state index in [0.29, 0.717) is 6.42 Å². The number of hydrogen-bond acceptors (Lipinski definition) is 4. The summed E-state index contributed by atoms with van der Waals surface area (Å²) in [6, 6.07) is 0.282. The molecule has 0 aromatic carbocycles. The van der Waals surface area contributed by atoms with Crippen LogP contribution in [0, 0.1) is 23.2 Å². The van der Waals surface area contributed by atoms with Gasteiger partial charge in [0.05, 0.1) is 13.0 Å². The van der Waals surface area contributed by atoms with Gasteiger partial charge < -0.3 is 15.0 Å². The molecular formula is C20H30N2O4. The molecule has 6 nitrogen and oxygen atoms in total. The van der Waals surface area contributed by atoms with E-state index in [1.54, 1.807) is 7.05 Å². The van der Waals surface area contributed by atoms with Crippen molar-refractivity contribution in [1.82, 2.24) is 10.2 Å². The normalized spacial score (nSPS) is 34.4. The number of carbonyl (C=O) groups excluding carboxylic acids is 3. The summed E-state index contributed by atoms with van der Waals surface area (Å²) in [5.41, 5.74) is 0.130. The molecule has 0 radical (unpaired) electrons. The van der Waals surface area contributed by atoms with Gasteiger partial charge in [0, 0.05) is 13.1 Å². The number of ether oxygens (including phenoxy) is 1. The van der Waals surface area contributed by atoms with Gasteiger partial charge in [0.25, 0.3) is 5.91 Å². The molecule has 144 valence electrons. The summed E-state index contributed by atoms with van der Waals surface area (Å²) in [4.78, 5) is 37.6. The molecule has 5 aliphatic rings. The SMILES string of the molecule is CN(CC(=O)NC1CC1)C(=O)COC(=O)CC12CC3CC(CC(C3)C1)C2. The van der Waals surface area contributed by atoms with E-state index in [-0.39, 0.29) is 42.4 Å². The van der Waals surface area contributed by atoms with Crippen LogP contribution in [-0.2, 0) is 19.1 Å². The molecule has 5 saturated carbocycles. The lowest BCUT2D eigenvalue weighted by molar-refractivity contribution is -0.157. The van der Waals surface area contributed by atoms with Crippen molar-refractivity contribution in [3.63, 3.8) is 0 Å². The van der Waals surface area contributed by atoms with Gasteiger partial charge in [-0.05, 0) is 74.5 Å². The molecular weight excluding hydrogens is 332 g/mol. The van der Waals surface area contributed by atoms with Crippen molar-refractivity contribution >= 4 is 17.8 Å². The molecule has 0 atom stereocenters. The topological polar surface area (TPSA) is 75.7 Å². The van der Waals surface area contributed by atoms with Gasteiger partial charge in [-0.15, -0.1) is 0 Å². The number of esters is 1. The highest BCUT2D eigenvalue weighted by Gasteiger charge is 2.51. The van der Waals surface area contributed by atoms with Crippen molar-refractivity contribution in [3.05, 3.63) is 0 Å². The number of nitrogens with zero attached hydrogens (tertiary/aromatic N) is 1. The monoisotopic (exact) mass is 362 g/mol. The van der Waals surface area contributed by atoms with Gasteiger partial charge in [-0.25, -0.2) is 0 Å². The van der Waals surface area contributed by atoms with Crippen LogP contribution in [0.5, 0.6) is 0 Å². The molecule has 0 aromatic rings. The third-order valence-corrected chi connectivity index (χ3v) is 6.79. The number of nitrogens with one attached hydrogen (secondary N) is 1. The van der Waals surface area contributed by atoms with Crippen LogP contribution < -0.4 is 5.32 Å². The average molecular weight is 362 g/mol. The zero-order valence-electron chi connectivity index (χ0n) is 15.7. The highest BCUT2D eigenvalue weighted by atomic mass is 16.5. The Morgan fingerprint density at radius 2 is 1.62 bits per heavy atom. The maximum atomic E-state index is 12.4. The zero-order chi connectivity index (χ0) is 18.3. The number of likely N-dealkylation sites (N-methyl/N-ethyl adjacent to an activating group) is 1. The number of hydrogen-bond donors (Lipinski definition) is 1. The molecule has 0 unspecified atom stereocenters.